The summed E-state index contributed by atoms with van der Waals surface area (Å²) >= 11 is 0. The van der Waals surface area contributed by atoms with Crippen LogP contribution in [0.3, 0.4) is 0 Å². The van der Waals surface area contributed by atoms with Gasteiger partial charge >= 0.3 is 0 Å². The fourth-order valence-corrected chi connectivity index (χ4v) is 8.17. The summed E-state index contributed by atoms with van der Waals surface area (Å²) in [5.41, 5.74) is 9.73. The average molecular weight is 693 g/mol. The number of unbranched alkanes of at least 4 members (excludes halogenated alkanes) is 2. The zero-order chi connectivity index (χ0) is 37.9. The van der Waals surface area contributed by atoms with Gasteiger partial charge in [-0.05, 0) is 116 Å². The first-order valence-corrected chi connectivity index (χ1v) is 18.1. The second-order valence-corrected chi connectivity index (χ2v) is 13.5. The lowest BCUT2D eigenvalue weighted by molar-refractivity contribution is 0.803. The first kappa shape index (κ1) is 34.9. The zero-order valence-corrected chi connectivity index (χ0v) is 30.0. The molecule has 254 valence electrons. The fraction of sp³-hybridized carbons (Fsp3) is 0.167. The zero-order valence-electron chi connectivity index (χ0n) is 30.0. The Morgan fingerprint density at radius 2 is 0.815 bits per heavy atom. The van der Waals surface area contributed by atoms with Crippen LogP contribution in [-0.2, 0) is 0 Å². The predicted octanol–water partition coefficient (Wildman–Crippen LogP) is 11.9. The highest BCUT2D eigenvalue weighted by molar-refractivity contribution is 6.25. The summed E-state index contributed by atoms with van der Waals surface area (Å²) in [7, 11) is 0. The van der Waals surface area contributed by atoms with Crippen molar-refractivity contribution in [2.24, 2.45) is 0 Å². The van der Waals surface area contributed by atoms with Crippen LogP contribution in [0, 0.1) is 68.0 Å². The topological polar surface area (TPSA) is 143 Å². The Balaban J connectivity index is 1.75. The Bertz CT molecular complexity index is 2790. The molecule has 0 aromatic heterocycles. The van der Waals surface area contributed by atoms with Gasteiger partial charge in [-0.25, -0.2) is 0 Å². The van der Waals surface area contributed by atoms with Gasteiger partial charge in [-0.2, -0.15) is 31.6 Å². The quantitative estimate of drug-likeness (QED) is 0.117. The maximum absolute atomic E-state index is 10.7. The van der Waals surface area contributed by atoms with Gasteiger partial charge in [0.15, 0.2) is 0 Å². The van der Waals surface area contributed by atoms with Gasteiger partial charge in [-0.15, -0.1) is 0 Å². The Hall–Kier alpha value is -7.48. The summed E-state index contributed by atoms with van der Waals surface area (Å²) < 4.78 is 0. The van der Waals surface area contributed by atoms with E-state index in [0.29, 0.717) is 68.5 Å². The van der Waals surface area contributed by atoms with E-state index in [0.717, 1.165) is 69.5 Å². The molecule has 6 heteroatoms. The van der Waals surface area contributed by atoms with E-state index in [1.165, 1.54) is 0 Å². The van der Waals surface area contributed by atoms with Crippen molar-refractivity contribution in [2.45, 2.75) is 52.4 Å². The van der Waals surface area contributed by atoms with E-state index in [1.807, 2.05) is 60.7 Å². The maximum atomic E-state index is 10.7. The van der Waals surface area contributed by atoms with Gasteiger partial charge in [0, 0.05) is 22.3 Å². The van der Waals surface area contributed by atoms with Crippen LogP contribution in [0.25, 0.3) is 66.1 Å². The summed E-state index contributed by atoms with van der Waals surface area (Å²) in [6.07, 6.45) is 4.42. The minimum atomic E-state index is -0.0353. The van der Waals surface area contributed by atoms with E-state index < -0.39 is 0 Å². The molecule has 0 amide bonds. The van der Waals surface area contributed by atoms with Gasteiger partial charge in [0.25, 0.3) is 0 Å². The van der Waals surface area contributed by atoms with E-state index in [-0.39, 0.29) is 11.1 Å². The largest absolute Gasteiger partial charge is 0.192 e. The van der Waals surface area contributed by atoms with E-state index in [9.17, 15) is 31.6 Å². The average Bonchev–Trinajstić information content (AvgIpc) is 3.69. The van der Waals surface area contributed by atoms with Crippen LogP contribution in [0.2, 0.25) is 0 Å². The molecular formula is C48H32N6. The monoisotopic (exact) mass is 692 g/mol. The lowest BCUT2D eigenvalue weighted by Crippen LogP contribution is -1.97. The highest BCUT2D eigenvalue weighted by atomic mass is 14.4. The molecular weight excluding hydrogens is 661 g/mol. The molecule has 2 aliphatic rings. The van der Waals surface area contributed by atoms with Crippen LogP contribution in [0.15, 0.2) is 107 Å². The first-order chi connectivity index (χ1) is 26.5. The van der Waals surface area contributed by atoms with Crippen LogP contribution in [-0.4, -0.2) is 0 Å². The summed E-state index contributed by atoms with van der Waals surface area (Å²) in [4.78, 5) is 0. The summed E-state index contributed by atoms with van der Waals surface area (Å²) in [5, 5.41) is 65.5. The Morgan fingerprint density at radius 1 is 0.463 bits per heavy atom. The van der Waals surface area contributed by atoms with Gasteiger partial charge in [0.1, 0.15) is 47.6 Å². The van der Waals surface area contributed by atoms with Gasteiger partial charge in [-0.3, -0.25) is 0 Å². The highest BCUT2D eigenvalue weighted by Crippen LogP contribution is 2.53. The molecule has 0 atom stereocenters. The van der Waals surface area contributed by atoms with E-state index >= 15 is 0 Å². The molecule has 0 unspecified atom stereocenters. The molecule has 0 aliphatic heterocycles. The molecule has 0 fully saturated rings. The van der Waals surface area contributed by atoms with Crippen molar-refractivity contribution >= 4 is 43.8 Å². The van der Waals surface area contributed by atoms with E-state index in [2.05, 4.69) is 74.5 Å². The molecule has 0 N–H and O–H groups in total. The fourth-order valence-electron chi connectivity index (χ4n) is 8.17. The maximum Gasteiger partial charge on any atom is 0.137 e. The molecule has 0 heterocycles. The van der Waals surface area contributed by atoms with Gasteiger partial charge < -0.3 is 0 Å². The lowest BCUT2D eigenvalue weighted by atomic mass is 9.81. The Labute approximate surface area is 315 Å². The lowest BCUT2D eigenvalue weighted by Gasteiger charge is -2.21. The number of rotatable bonds is 8. The van der Waals surface area contributed by atoms with Crippen molar-refractivity contribution in [3.63, 3.8) is 0 Å². The molecule has 7 rings (SSSR count). The van der Waals surface area contributed by atoms with Crippen molar-refractivity contribution in [3.05, 3.63) is 129 Å². The third-order valence-electron chi connectivity index (χ3n) is 10.5. The van der Waals surface area contributed by atoms with Crippen LogP contribution in [0.5, 0.6) is 0 Å². The van der Waals surface area contributed by atoms with E-state index in [4.69, 9.17) is 0 Å². The van der Waals surface area contributed by atoms with Gasteiger partial charge in [0.2, 0.25) is 0 Å². The second kappa shape index (κ2) is 14.6. The van der Waals surface area contributed by atoms with Crippen molar-refractivity contribution in [2.75, 3.05) is 0 Å². The molecule has 0 spiro atoms. The summed E-state index contributed by atoms with van der Waals surface area (Å²) in [6.45, 7) is 4.13. The molecule has 0 saturated heterocycles. The third-order valence-corrected chi connectivity index (χ3v) is 10.5. The Morgan fingerprint density at radius 3 is 1.17 bits per heavy atom. The first-order valence-electron chi connectivity index (χ1n) is 18.1. The number of benzene rings is 5. The molecule has 0 radical (unpaired) electrons. The number of hydrogen-bond donors (Lipinski definition) is 0. The number of nitriles is 6. The van der Waals surface area contributed by atoms with E-state index in [1.54, 1.807) is 0 Å². The second-order valence-electron chi connectivity index (χ2n) is 13.5. The molecule has 0 saturated carbocycles. The molecule has 5 aromatic rings. The predicted molar refractivity (Wildman–Crippen MR) is 213 cm³/mol. The van der Waals surface area contributed by atoms with Crippen molar-refractivity contribution < 1.29 is 0 Å². The number of fused-ring (bicyclic) bond motifs is 5. The molecule has 54 heavy (non-hydrogen) atoms. The normalized spacial score (nSPS) is 12.7. The van der Waals surface area contributed by atoms with Crippen LogP contribution in [0.4, 0.5) is 0 Å². The number of nitrogens with zero attached hydrogens (tertiary/aromatic N) is 6. The number of allylic oxidation sites excluding steroid dienone is 8. The highest BCUT2D eigenvalue weighted by Gasteiger charge is 2.34. The SMILES string of the molecule is CCCCC1=C(C#N)c2cc3c(cc2C1=C(C#N)C#N)c(-c1ccccc1)c(-c1ccccc1)c1cc2c(cc13)C(=C(C#N)C#N)C(CCCC)=C2C#N. The Kier molecular flexibility index (Phi) is 9.47. The molecule has 0 bridgehead atoms. The van der Waals surface area contributed by atoms with Crippen molar-refractivity contribution in [1.29, 1.82) is 31.6 Å². The molecule has 6 nitrogen and oxygen atoms in total. The molecule has 5 aromatic carbocycles. The minimum Gasteiger partial charge on any atom is -0.192 e. The summed E-state index contributed by atoms with van der Waals surface area (Å²) in [6, 6.07) is 41.5. The van der Waals surface area contributed by atoms with Crippen molar-refractivity contribution in [1.82, 2.24) is 0 Å². The molecule has 2 aliphatic carbocycles. The van der Waals surface area contributed by atoms with Crippen LogP contribution < -0.4 is 0 Å². The standard InChI is InChI=1S/C48H32N6/c1-3-5-17-33-43(27-53)37-19-35-36-20-39-38(44(28-54)34(18-6-4-2)45(39)31(23-49)24-50)21-41(36)47(29-13-9-7-10-14-29)48(30-15-11-8-12-16-30)42(35)22-40(37)46(33)32(25-51)26-52/h7-16,19-22H,3-6,17-18H2,1-2H3. The van der Waals surface area contributed by atoms with Crippen molar-refractivity contribution in [3.8, 4) is 58.7 Å². The third kappa shape index (κ3) is 5.44. The summed E-state index contributed by atoms with van der Waals surface area (Å²) in [5.74, 6) is 0. The minimum absolute atomic E-state index is 0.0277. The van der Waals surface area contributed by atoms with Gasteiger partial charge in [0.05, 0.1) is 11.1 Å². The smallest absolute Gasteiger partial charge is 0.137 e. The van der Waals surface area contributed by atoms with Gasteiger partial charge in [-0.1, -0.05) is 87.4 Å². The van der Waals surface area contributed by atoms with Crippen LogP contribution in [0.1, 0.15) is 74.6 Å². The van der Waals surface area contributed by atoms with Crippen LogP contribution >= 0.6 is 0 Å². The number of hydrogen-bond acceptors (Lipinski definition) is 6.